The predicted octanol–water partition coefficient (Wildman–Crippen LogP) is 4.11. The first-order chi connectivity index (χ1) is 12.5. The van der Waals surface area contributed by atoms with Crippen LogP contribution >= 0.6 is 0 Å². The number of allylic oxidation sites excluding steroid dienone is 1. The third kappa shape index (κ3) is 4.16. The van der Waals surface area contributed by atoms with Crippen molar-refractivity contribution in [3.8, 4) is 11.3 Å². The zero-order valence-corrected chi connectivity index (χ0v) is 14.9. The van der Waals surface area contributed by atoms with Gasteiger partial charge in [-0.05, 0) is 67.8 Å². The third-order valence-corrected chi connectivity index (χ3v) is 3.97. The van der Waals surface area contributed by atoms with Gasteiger partial charge in [-0.1, -0.05) is 12.1 Å². The highest BCUT2D eigenvalue weighted by molar-refractivity contribution is 5.94. The third-order valence-electron chi connectivity index (χ3n) is 3.97. The molecule has 0 radical (unpaired) electrons. The van der Waals surface area contributed by atoms with Gasteiger partial charge in [0.25, 0.3) is 5.91 Å². The number of aromatic nitrogens is 2. The lowest BCUT2D eigenvalue weighted by atomic mass is 10.0. The van der Waals surface area contributed by atoms with Gasteiger partial charge in [-0.2, -0.15) is 10.2 Å². The van der Waals surface area contributed by atoms with Gasteiger partial charge in [-0.3, -0.25) is 9.89 Å². The molecule has 0 saturated heterocycles. The van der Waals surface area contributed by atoms with Gasteiger partial charge in [0.15, 0.2) is 0 Å². The highest BCUT2D eigenvalue weighted by atomic mass is 16.3. The Bertz CT molecular complexity index is 966. The number of rotatable bonds is 5. The summed E-state index contributed by atoms with van der Waals surface area (Å²) in [5, 5.41) is 10.9. The Kier molecular flexibility index (Phi) is 5.12. The van der Waals surface area contributed by atoms with Crippen LogP contribution in [0.5, 0.6) is 0 Å². The summed E-state index contributed by atoms with van der Waals surface area (Å²) in [7, 11) is 0. The van der Waals surface area contributed by atoms with E-state index in [4.69, 9.17) is 4.42 Å². The van der Waals surface area contributed by atoms with Gasteiger partial charge in [-0.15, -0.1) is 0 Å². The molecule has 0 spiro atoms. The molecule has 0 atom stereocenters. The van der Waals surface area contributed by atoms with Gasteiger partial charge in [0.1, 0.15) is 11.5 Å². The Balaban J connectivity index is 1.64. The van der Waals surface area contributed by atoms with Crippen molar-refractivity contribution in [3.05, 3.63) is 70.8 Å². The van der Waals surface area contributed by atoms with Crippen LogP contribution < -0.4 is 5.43 Å². The molecule has 2 aromatic heterocycles. The van der Waals surface area contributed by atoms with Crippen molar-refractivity contribution in [1.82, 2.24) is 15.6 Å². The second-order valence-corrected chi connectivity index (χ2v) is 6.07. The molecule has 2 heterocycles. The second kappa shape index (κ2) is 7.65. The Hall–Kier alpha value is -3.41. The molecule has 0 aliphatic heterocycles. The van der Waals surface area contributed by atoms with Crippen LogP contribution in [0.15, 0.2) is 57.8 Å². The van der Waals surface area contributed by atoms with E-state index in [1.807, 2.05) is 50.3 Å². The van der Waals surface area contributed by atoms with E-state index >= 15 is 0 Å². The van der Waals surface area contributed by atoms with E-state index in [2.05, 4.69) is 27.6 Å². The molecule has 2 N–H and O–H groups in total. The van der Waals surface area contributed by atoms with E-state index in [0.717, 1.165) is 22.6 Å². The molecule has 1 amide bonds. The van der Waals surface area contributed by atoms with Crippen LogP contribution in [0, 0.1) is 13.8 Å². The minimum Gasteiger partial charge on any atom is -0.465 e. The summed E-state index contributed by atoms with van der Waals surface area (Å²) in [5.41, 5.74) is 7.76. The number of aryl methyl sites for hydroxylation is 2. The maximum atomic E-state index is 12.2. The number of H-pyrrole nitrogens is 1. The van der Waals surface area contributed by atoms with E-state index in [1.165, 1.54) is 11.1 Å². The Morgan fingerprint density at radius 1 is 1.23 bits per heavy atom. The van der Waals surface area contributed by atoms with Crippen molar-refractivity contribution >= 4 is 18.2 Å². The highest BCUT2D eigenvalue weighted by Gasteiger charge is 2.10. The topological polar surface area (TPSA) is 83.3 Å². The lowest BCUT2D eigenvalue weighted by Crippen LogP contribution is -2.17. The van der Waals surface area contributed by atoms with E-state index < -0.39 is 0 Å². The van der Waals surface area contributed by atoms with Crippen molar-refractivity contribution in [1.29, 1.82) is 0 Å². The summed E-state index contributed by atoms with van der Waals surface area (Å²) in [6.07, 6.45) is 4.98. The van der Waals surface area contributed by atoms with Crippen LogP contribution in [0.1, 0.15) is 34.3 Å². The number of hydrogen-bond donors (Lipinski definition) is 2. The zero-order chi connectivity index (χ0) is 18.5. The second-order valence-electron chi connectivity index (χ2n) is 6.07. The van der Waals surface area contributed by atoms with E-state index in [9.17, 15) is 4.79 Å². The number of furan rings is 1. The number of carbonyl (C=O) groups excluding carboxylic acids is 1. The molecular weight excluding hydrogens is 328 g/mol. The standard InChI is InChI=1S/C20H20N4O2/c1-13(9-17-5-4-8-26-17)12-21-24-20(25)19-11-18(22-23-19)16-7-6-14(2)15(3)10-16/h4-12H,1-3H3,(H,22,23)(H,24,25). The molecule has 3 aromatic rings. The smallest absolute Gasteiger partial charge is 0.289 e. The first kappa shape index (κ1) is 17.4. The lowest BCUT2D eigenvalue weighted by molar-refractivity contribution is 0.0950. The molecule has 6 heteroatoms. The number of hydrazone groups is 1. The first-order valence-corrected chi connectivity index (χ1v) is 8.21. The van der Waals surface area contributed by atoms with Crippen molar-refractivity contribution in [2.24, 2.45) is 5.10 Å². The molecule has 0 saturated carbocycles. The molecule has 132 valence electrons. The highest BCUT2D eigenvalue weighted by Crippen LogP contribution is 2.20. The van der Waals surface area contributed by atoms with Crippen LogP contribution in [-0.4, -0.2) is 22.3 Å². The fraction of sp³-hybridized carbons (Fsp3) is 0.150. The summed E-state index contributed by atoms with van der Waals surface area (Å²) in [6, 6.07) is 11.4. The lowest BCUT2D eigenvalue weighted by Gasteiger charge is -2.01. The number of nitrogens with one attached hydrogen (secondary N) is 2. The SMILES string of the molecule is CC(C=NNC(=O)c1cc(-c2ccc(C)c(C)c2)n[nH]1)=Cc1ccco1. The van der Waals surface area contributed by atoms with Gasteiger partial charge < -0.3 is 4.42 Å². The first-order valence-electron chi connectivity index (χ1n) is 8.21. The molecule has 1 aromatic carbocycles. The van der Waals surface area contributed by atoms with Crippen LogP contribution in [0.4, 0.5) is 0 Å². The van der Waals surface area contributed by atoms with E-state index in [0.29, 0.717) is 5.69 Å². The van der Waals surface area contributed by atoms with Gasteiger partial charge in [0.05, 0.1) is 18.2 Å². The number of benzene rings is 1. The molecule has 0 aliphatic rings. The summed E-state index contributed by atoms with van der Waals surface area (Å²) < 4.78 is 5.22. The fourth-order valence-electron chi connectivity index (χ4n) is 2.37. The summed E-state index contributed by atoms with van der Waals surface area (Å²) >= 11 is 0. The Morgan fingerprint density at radius 2 is 2.08 bits per heavy atom. The van der Waals surface area contributed by atoms with Crippen LogP contribution in [0.25, 0.3) is 17.3 Å². The predicted molar refractivity (Wildman–Crippen MR) is 102 cm³/mol. The minimum absolute atomic E-state index is 0.350. The molecule has 6 nitrogen and oxygen atoms in total. The van der Waals surface area contributed by atoms with Crippen molar-refractivity contribution < 1.29 is 9.21 Å². The van der Waals surface area contributed by atoms with Crippen molar-refractivity contribution in [2.45, 2.75) is 20.8 Å². The van der Waals surface area contributed by atoms with Crippen molar-refractivity contribution in [3.63, 3.8) is 0 Å². The van der Waals surface area contributed by atoms with Crippen LogP contribution in [0.3, 0.4) is 0 Å². The van der Waals surface area contributed by atoms with Gasteiger partial charge in [0.2, 0.25) is 0 Å². The largest absolute Gasteiger partial charge is 0.465 e. The number of carbonyl (C=O) groups is 1. The number of amides is 1. The molecule has 0 aliphatic carbocycles. The van der Waals surface area contributed by atoms with Gasteiger partial charge >= 0.3 is 0 Å². The molecule has 0 bridgehead atoms. The number of nitrogens with zero attached hydrogens (tertiary/aromatic N) is 2. The molecular formula is C20H20N4O2. The molecule has 0 fully saturated rings. The zero-order valence-electron chi connectivity index (χ0n) is 14.9. The van der Waals surface area contributed by atoms with Crippen LogP contribution in [-0.2, 0) is 0 Å². The molecule has 0 unspecified atom stereocenters. The normalized spacial score (nSPS) is 11.9. The van der Waals surface area contributed by atoms with Gasteiger partial charge in [0, 0.05) is 5.56 Å². The maximum Gasteiger partial charge on any atom is 0.289 e. The van der Waals surface area contributed by atoms with Crippen LogP contribution in [0.2, 0.25) is 0 Å². The number of hydrogen-bond acceptors (Lipinski definition) is 4. The van der Waals surface area contributed by atoms with Gasteiger partial charge in [-0.25, -0.2) is 5.43 Å². The average molecular weight is 348 g/mol. The molecule has 26 heavy (non-hydrogen) atoms. The average Bonchev–Trinajstić information content (AvgIpc) is 3.29. The molecule has 3 rings (SSSR count). The number of aromatic amines is 1. The quantitative estimate of drug-likeness (QED) is 0.538. The summed E-state index contributed by atoms with van der Waals surface area (Å²) in [4.78, 5) is 12.2. The Morgan fingerprint density at radius 3 is 2.81 bits per heavy atom. The van der Waals surface area contributed by atoms with Crippen molar-refractivity contribution in [2.75, 3.05) is 0 Å². The Labute approximate surface area is 151 Å². The summed E-state index contributed by atoms with van der Waals surface area (Å²) in [6.45, 7) is 5.97. The monoisotopic (exact) mass is 348 g/mol. The maximum absolute atomic E-state index is 12.2. The van der Waals surface area contributed by atoms with E-state index in [-0.39, 0.29) is 5.91 Å². The summed E-state index contributed by atoms with van der Waals surface area (Å²) in [5.74, 6) is 0.376. The van der Waals surface area contributed by atoms with E-state index in [1.54, 1.807) is 18.5 Å². The minimum atomic E-state index is -0.352. The fourth-order valence-corrected chi connectivity index (χ4v) is 2.37.